The number of nitrogens with zero attached hydrogens (tertiary/aromatic N) is 3. The maximum absolute atomic E-state index is 12.4. The van der Waals surface area contributed by atoms with Crippen LogP contribution in [0.1, 0.15) is 30.5 Å². The van der Waals surface area contributed by atoms with Crippen LogP contribution in [-0.4, -0.2) is 23.1 Å². The molecule has 0 aliphatic heterocycles. The van der Waals surface area contributed by atoms with E-state index in [4.69, 9.17) is 8.94 Å². The van der Waals surface area contributed by atoms with Gasteiger partial charge in [0.25, 0.3) is 0 Å². The summed E-state index contributed by atoms with van der Waals surface area (Å²) in [5, 5.41) is 3.84. The lowest BCUT2D eigenvalue weighted by Crippen LogP contribution is -2.23. The minimum absolute atomic E-state index is 0.0216. The third-order valence-corrected chi connectivity index (χ3v) is 5.31. The first kappa shape index (κ1) is 15.1. The van der Waals surface area contributed by atoms with Crippen LogP contribution in [0.25, 0.3) is 11.1 Å². The van der Waals surface area contributed by atoms with Crippen molar-refractivity contribution in [2.24, 2.45) is 7.05 Å². The van der Waals surface area contributed by atoms with Gasteiger partial charge in [0.15, 0.2) is 11.4 Å². The van der Waals surface area contributed by atoms with Crippen LogP contribution in [-0.2, 0) is 23.6 Å². The largest absolute Gasteiger partial charge is 0.419 e. The molecule has 1 fully saturated rings. The van der Waals surface area contributed by atoms with Crippen molar-refractivity contribution in [3.63, 3.8) is 0 Å². The highest BCUT2D eigenvalue weighted by Crippen LogP contribution is 2.38. The number of rotatable bonds is 5. The standard InChI is InChI=1S/C14H14N4O5S/c1-18-10-6-9(4-5-11(10)22-14(18)19)24(20,21)15-7-12-16-13(17-23-12)8-2-3-8/h4-6,8,15H,2-3,7H2,1H3. The summed E-state index contributed by atoms with van der Waals surface area (Å²) in [6.07, 6.45) is 2.07. The number of sulfonamides is 1. The summed E-state index contributed by atoms with van der Waals surface area (Å²) in [6, 6.07) is 4.20. The van der Waals surface area contributed by atoms with Crippen molar-refractivity contribution in [1.82, 2.24) is 19.4 Å². The van der Waals surface area contributed by atoms with Crippen molar-refractivity contribution in [2.45, 2.75) is 30.2 Å². The molecule has 1 aliphatic carbocycles. The van der Waals surface area contributed by atoms with Crippen molar-refractivity contribution < 1.29 is 17.4 Å². The van der Waals surface area contributed by atoms with E-state index in [2.05, 4.69) is 14.9 Å². The zero-order valence-electron chi connectivity index (χ0n) is 12.7. The predicted molar refractivity (Wildman–Crippen MR) is 81.8 cm³/mol. The Morgan fingerprint density at radius 2 is 2.17 bits per heavy atom. The number of aromatic nitrogens is 3. The second-order valence-corrected chi connectivity index (χ2v) is 7.47. The van der Waals surface area contributed by atoms with Crippen LogP contribution >= 0.6 is 0 Å². The van der Waals surface area contributed by atoms with Gasteiger partial charge in [-0.3, -0.25) is 4.57 Å². The first-order valence-corrected chi connectivity index (χ1v) is 8.84. The third kappa shape index (κ3) is 2.63. The number of benzene rings is 1. The van der Waals surface area contributed by atoms with Crippen LogP contribution in [0.4, 0.5) is 0 Å². The fraction of sp³-hybridized carbons (Fsp3) is 0.357. The summed E-state index contributed by atoms with van der Waals surface area (Å²) in [6.45, 7) is -0.0928. The Bertz CT molecular complexity index is 1070. The normalized spacial score (nSPS) is 15.2. The van der Waals surface area contributed by atoms with Gasteiger partial charge in [-0.15, -0.1) is 0 Å². The van der Waals surface area contributed by atoms with Gasteiger partial charge in [-0.1, -0.05) is 5.16 Å². The van der Waals surface area contributed by atoms with E-state index in [1.807, 2.05) is 0 Å². The molecule has 0 spiro atoms. The Balaban J connectivity index is 1.57. The van der Waals surface area contributed by atoms with Crippen molar-refractivity contribution in [2.75, 3.05) is 0 Å². The summed E-state index contributed by atoms with van der Waals surface area (Å²) in [7, 11) is -2.28. The molecule has 0 unspecified atom stereocenters. The van der Waals surface area contributed by atoms with Gasteiger partial charge in [-0.05, 0) is 31.0 Å². The predicted octanol–water partition coefficient (Wildman–Crippen LogP) is 0.870. The van der Waals surface area contributed by atoms with Crippen LogP contribution in [0.5, 0.6) is 0 Å². The maximum atomic E-state index is 12.4. The molecule has 1 aliphatic rings. The van der Waals surface area contributed by atoms with E-state index in [1.165, 1.54) is 29.8 Å². The fourth-order valence-corrected chi connectivity index (χ4v) is 3.36. The smallest absolute Gasteiger partial charge is 0.408 e. The Kier molecular flexibility index (Phi) is 3.32. The van der Waals surface area contributed by atoms with Crippen molar-refractivity contribution in [1.29, 1.82) is 0 Å². The number of aryl methyl sites for hydroxylation is 1. The highest BCUT2D eigenvalue weighted by Gasteiger charge is 2.29. The zero-order chi connectivity index (χ0) is 16.9. The SMILES string of the molecule is Cn1c(=O)oc2ccc(S(=O)(=O)NCc3nc(C4CC4)no3)cc21. The number of nitrogens with one attached hydrogen (secondary N) is 1. The molecule has 24 heavy (non-hydrogen) atoms. The first-order valence-electron chi connectivity index (χ1n) is 7.36. The van der Waals surface area contributed by atoms with Gasteiger partial charge in [0.1, 0.15) is 0 Å². The molecule has 3 aromatic rings. The van der Waals surface area contributed by atoms with Gasteiger partial charge in [0.05, 0.1) is 17.0 Å². The third-order valence-electron chi connectivity index (χ3n) is 3.91. The second kappa shape index (κ2) is 5.28. The van der Waals surface area contributed by atoms with Crippen molar-refractivity contribution >= 4 is 21.1 Å². The lowest BCUT2D eigenvalue weighted by Gasteiger charge is -2.04. The summed E-state index contributed by atoms with van der Waals surface area (Å²) in [5.74, 6) is 0.631. The van der Waals surface area contributed by atoms with E-state index < -0.39 is 15.8 Å². The van der Waals surface area contributed by atoms with E-state index in [9.17, 15) is 13.2 Å². The number of hydrogen-bond donors (Lipinski definition) is 1. The minimum atomic E-state index is -3.79. The molecule has 0 saturated heterocycles. The molecule has 1 N–H and O–H groups in total. The van der Waals surface area contributed by atoms with Crippen molar-refractivity contribution in [3.8, 4) is 0 Å². The average molecular weight is 350 g/mol. The van der Waals surface area contributed by atoms with Crippen LogP contribution in [0.15, 0.2) is 36.8 Å². The summed E-state index contributed by atoms with van der Waals surface area (Å²) < 4.78 is 38.5. The van der Waals surface area contributed by atoms with Gasteiger partial charge in [0, 0.05) is 13.0 Å². The molecule has 0 bridgehead atoms. The van der Waals surface area contributed by atoms with E-state index >= 15 is 0 Å². The van der Waals surface area contributed by atoms with Gasteiger partial charge < -0.3 is 8.94 Å². The number of hydrogen-bond acceptors (Lipinski definition) is 7. The Hall–Kier alpha value is -2.46. The molecular formula is C14H14N4O5S. The fourth-order valence-electron chi connectivity index (χ4n) is 2.36. The zero-order valence-corrected chi connectivity index (χ0v) is 13.5. The average Bonchev–Trinajstić information content (AvgIpc) is 3.23. The highest BCUT2D eigenvalue weighted by atomic mass is 32.2. The maximum Gasteiger partial charge on any atom is 0.419 e. The minimum Gasteiger partial charge on any atom is -0.408 e. The molecule has 126 valence electrons. The molecule has 2 heterocycles. The lowest BCUT2D eigenvalue weighted by atomic mass is 10.3. The summed E-state index contributed by atoms with van der Waals surface area (Å²) >= 11 is 0. The second-order valence-electron chi connectivity index (χ2n) is 5.70. The molecule has 2 aromatic heterocycles. The van der Waals surface area contributed by atoms with Gasteiger partial charge in [-0.2, -0.15) is 4.98 Å². The molecule has 9 nitrogen and oxygen atoms in total. The van der Waals surface area contributed by atoms with Gasteiger partial charge in [-0.25, -0.2) is 17.9 Å². The number of oxazole rings is 1. The Morgan fingerprint density at radius 3 is 2.92 bits per heavy atom. The topological polar surface area (TPSA) is 120 Å². The quantitative estimate of drug-likeness (QED) is 0.725. The van der Waals surface area contributed by atoms with Crippen LogP contribution in [0.3, 0.4) is 0 Å². The molecule has 4 rings (SSSR count). The summed E-state index contributed by atoms with van der Waals surface area (Å²) in [5.41, 5.74) is 0.726. The van der Waals surface area contributed by atoms with Gasteiger partial charge in [0.2, 0.25) is 15.9 Å². The van der Waals surface area contributed by atoms with Crippen LogP contribution in [0.2, 0.25) is 0 Å². The number of fused-ring (bicyclic) bond motifs is 1. The van der Waals surface area contributed by atoms with E-state index in [-0.39, 0.29) is 17.3 Å². The van der Waals surface area contributed by atoms with E-state index in [0.29, 0.717) is 22.8 Å². The van der Waals surface area contributed by atoms with E-state index in [0.717, 1.165) is 12.8 Å². The van der Waals surface area contributed by atoms with Gasteiger partial charge >= 0.3 is 5.76 Å². The molecule has 10 heteroatoms. The molecule has 1 aromatic carbocycles. The van der Waals surface area contributed by atoms with Crippen LogP contribution in [0, 0.1) is 0 Å². The van der Waals surface area contributed by atoms with Crippen molar-refractivity contribution in [3.05, 3.63) is 40.5 Å². The Morgan fingerprint density at radius 1 is 1.38 bits per heavy atom. The highest BCUT2D eigenvalue weighted by molar-refractivity contribution is 7.89. The van der Waals surface area contributed by atoms with E-state index in [1.54, 1.807) is 0 Å². The first-order chi connectivity index (χ1) is 11.4. The molecule has 0 atom stereocenters. The molecular weight excluding hydrogens is 336 g/mol. The molecule has 0 radical (unpaired) electrons. The lowest BCUT2D eigenvalue weighted by molar-refractivity contribution is 0.370. The van der Waals surface area contributed by atoms with Crippen LogP contribution < -0.4 is 10.5 Å². The molecule has 1 saturated carbocycles. The molecule has 0 amide bonds. The monoisotopic (exact) mass is 350 g/mol. The Labute approximate surface area is 136 Å². The summed E-state index contributed by atoms with van der Waals surface area (Å²) in [4.78, 5) is 15.7.